The minimum atomic E-state index is -4.85. The van der Waals surface area contributed by atoms with Gasteiger partial charge in [-0.15, -0.1) is 0 Å². The Labute approximate surface area is 97.4 Å². The molecule has 1 rings (SSSR count). The second-order valence-electron chi connectivity index (χ2n) is 3.93. The van der Waals surface area contributed by atoms with Gasteiger partial charge in [-0.1, -0.05) is 13.8 Å². The fraction of sp³-hybridized carbons (Fsp3) is 0.417. The second kappa shape index (κ2) is 4.77. The van der Waals surface area contributed by atoms with E-state index >= 15 is 0 Å². The monoisotopic (exact) mass is 246 g/mol. The van der Waals surface area contributed by atoms with E-state index in [9.17, 15) is 18.0 Å². The van der Waals surface area contributed by atoms with Crippen molar-refractivity contribution in [3.63, 3.8) is 0 Å². The lowest BCUT2D eigenvalue weighted by atomic mass is 9.94. The summed E-state index contributed by atoms with van der Waals surface area (Å²) in [6.45, 7) is 3.45. The molecule has 0 saturated carbocycles. The lowest BCUT2D eigenvalue weighted by Crippen LogP contribution is -2.24. The molecule has 17 heavy (non-hydrogen) atoms. The number of Topliss-reactive ketones (excluding diaryl/α,β-unsaturated/α-hetero) is 1. The molecule has 0 radical (unpaired) electrons. The molecular weight excluding hydrogens is 233 g/mol. The number of rotatable bonds is 3. The highest BCUT2D eigenvalue weighted by Crippen LogP contribution is 2.30. The zero-order chi connectivity index (χ0) is 13.2. The molecule has 0 heterocycles. The molecule has 0 bridgehead atoms. The van der Waals surface area contributed by atoms with Crippen LogP contribution in [0.4, 0.5) is 13.2 Å². The van der Waals surface area contributed by atoms with Gasteiger partial charge in [-0.05, 0) is 29.7 Å². The first kappa shape index (κ1) is 13.5. The molecule has 0 amide bonds. The van der Waals surface area contributed by atoms with Crippen LogP contribution in [0.25, 0.3) is 0 Å². The Kier molecular flexibility index (Phi) is 3.80. The number of carbonyl (C=O) groups excluding carboxylic acids is 1. The molecule has 0 saturated heterocycles. The SMILES string of the molecule is COc1ccc(C(=O)C(F)(F)F)c(C(C)C)c1. The Bertz CT molecular complexity index is 422. The summed E-state index contributed by atoms with van der Waals surface area (Å²) in [6, 6.07) is 3.97. The normalized spacial score (nSPS) is 11.7. The van der Waals surface area contributed by atoms with Gasteiger partial charge in [0.15, 0.2) is 0 Å². The van der Waals surface area contributed by atoms with Crippen molar-refractivity contribution in [2.45, 2.75) is 25.9 Å². The van der Waals surface area contributed by atoms with Gasteiger partial charge in [0.1, 0.15) is 5.75 Å². The molecule has 1 aromatic carbocycles. The molecule has 0 aliphatic rings. The Morgan fingerprint density at radius 3 is 2.29 bits per heavy atom. The molecule has 0 aliphatic carbocycles. The van der Waals surface area contributed by atoms with Crippen molar-refractivity contribution in [2.24, 2.45) is 0 Å². The first-order valence-corrected chi connectivity index (χ1v) is 5.06. The van der Waals surface area contributed by atoms with E-state index in [1.807, 2.05) is 0 Å². The zero-order valence-electron chi connectivity index (χ0n) is 9.76. The summed E-state index contributed by atoms with van der Waals surface area (Å²) in [6.07, 6.45) is -4.85. The van der Waals surface area contributed by atoms with Gasteiger partial charge >= 0.3 is 6.18 Å². The first-order valence-electron chi connectivity index (χ1n) is 5.06. The summed E-state index contributed by atoms with van der Waals surface area (Å²) in [5, 5.41) is 0. The van der Waals surface area contributed by atoms with Crippen molar-refractivity contribution in [1.29, 1.82) is 0 Å². The van der Waals surface area contributed by atoms with Crippen LogP contribution < -0.4 is 4.74 Å². The Hall–Kier alpha value is -1.52. The van der Waals surface area contributed by atoms with Gasteiger partial charge in [0.25, 0.3) is 5.78 Å². The number of ketones is 1. The van der Waals surface area contributed by atoms with E-state index < -0.39 is 12.0 Å². The van der Waals surface area contributed by atoms with Crippen molar-refractivity contribution >= 4 is 5.78 Å². The van der Waals surface area contributed by atoms with Gasteiger partial charge < -0.3 is 4.74 Å². The second-order valence-corrected chi connectivity index (χ2v) is 3.93. The van der Waals surface area contributed by atoms with Gasteiger partial charge in [-0.2, -0.15) is 13.2 Å². The Morgan fingerprint density at radius 2 is 1.88 bits per heavy atom. The smallest absolute Gasteiger partial charge is 0.454 e. The maximum Gasteiger partial charge on any atom is 0.454 e. The predicted octanol–water partition coefficient (Wildman–Crippen LogP) is 3.56. The maximum atomic E-state index is 12.4. The summed E-state index contributed by atoms with van der Waals surface area (Å²) in [5.41, 5.74) is 0.0278. The predicted molar refractivity (Wildman–Crippen MR) is 57.5 cm³/mol. The summed E-state index contributed by atoms with van der Waals surface area (Å²) in [5.74, 6) is -1.57. The molecule has 0 spiro atoms. The minimum absolute atomic E-state index is 0.189. The van der Waals surface area contributed by atoms with Gasteiger partial charge in [0.05, 0.1) is 7.11 Å². The first-order chi connectivity index (χ1) is 7.77. The lowest BCUT2D eigenvalue weighted by Gasteiger charge is -2.14. The van der Waals surface area contributed by atoms with E-state index in [1.54, 1.807) is 13.8 Å². The van der Waals surface area contributed by atoms with Crippen LogP contribution in [0.1, 0.15) is 35.7 Å². The molecule has 5 heteroatoms. The highest BCUT2D eigenvalue weighted by atomic mass is 19.4. The number of benzene rings is 1. The number of halogens is 3. The molecule has 0 fully saturated rings. The van der Waals surface area contributed by atoms with Crippen LogP contribution >= 0.6 is 0 Å². The number of carbonyl (C=O) groups is 1. The third-order valence-electron chi connectivity index (χ3n) is 2.38. The van der Waals surface area contributed by atoms with E-state index in [4.69, 9.17) is 4.74 Å². The number of ether oxygens (including phenoxy) is 1. The van der Waals surface area contributed by atoms with Crippen LogP contribution in [0.2, 0.25) is 0 Å². The van der Waals surface area contributed by atoms with Gasteiger partial charge in [-0.3, -0.25) is 4.79 Å². The molecular formula is C12H13F3O2. The van der Waals surface area contributed by atoms with Crippen molar-refractivity contribution < 1.29 is 22.7 Å². The summed E-state index contributed by atoms with van der Waals surface area (Å²) in [4.78, 5) is 11.2. The lowest BCUT2D eigenvalue weighted by molar-refractivity contribution is -0.0885. The quantitative estimate of drug-likeness (QED) is 0.762. The Morgan fingerprint density at radius 1 is 1.29 bits per heavy atom. The van der Waals surface area contributed by atoms with E-state index in [-0.39, 0.29) is 11.5 Å². The highest BCUT2D eigenvalue weighted by molar-refractivity contribution is 6.01. The molecule has 0 N–H and O–H groups in total. The van der Waals surface area contributed by atoms with Crippen LogP contribution in [0, 0.1) is 0 Å². The van der Waals surface area contributed by atoms with Crippen molar-refractivity contribution in [3.8, 4) is 5.75 Å². The zero-order valence-corrected chi connectivity index (χ0v) is 9.76. The van der Waals surface area contributed by atoms with E-state index in [2.05, 4.69) is 0 Å². The van der Waals surface area contributed by atoms with Gasteiger partial charge in [-0.25, -0.2) is 0 Å². The largest absolute Gasteiger partial charge is 0.497 e. The van der Waals surface area contributed by atoms with Crippen LogP contribution in [-0.2, 0) is 0 Å². The third-order valence-corrected chi connectivity index (χ3v) is 2.38. The minimum Gasteiger partial charge on any atom is -0.497 e. The molecule has 0 aromatic heterocycles. The van der Waals surface area contributed by atoms with Crippen LogP contribution in [0.5, 0.6) is 5.75 Å². The van der Waals surface area contributed by atoms with E-state index in [1.165, 1.54) is 19.2 Å². The van der Waals surface area contributed by atoms with Crippen molar-refractivity contribution in [1.82, 2.24) is 0 Å². The topological polar surface area (TPSA) is 26.3 Å². The van der Waals surface area contributed by atoms with Gasteiger partial charge in [0, 0.05) is 5.56 Å². The average molecular weight is 246 g/mol. The fourth-order valence-corrected chi connectivity index (χ4v) is 1.50. The van der Waals surface area contributed by atoms with Crippen LogP contribution in [0.3, 0.4) is 0 Å². The summed E-state index contributed by atoms with van der Waals surface area (Å²) >= 11 is 0. The Balaban J connectivity index is 3.29. The van der Waals surface area contributed by atoms with E-state index in [0.717, 1.165) is 6.07 Å². The van der Waals surface area contributed by atoms with Crippen LogP contribution in [0.15, 0.2) is 18.2 Å². The van der Waals surface area contributed by atoms with Crippen LogP contribution in [-0.4, -0.2) is 19.1 Å². The third kappa shape index (κ3) is 2.99. The van der Waals surface area contributed by atoms with Crippen molar-refractivity contribution in [3.05, 3.63) is 29.3 Å². The molecule has 0 atom stereocenters. The van der Waals surface area contributed by atoms with E-state index in [0.29, 0.717) is 11.3 Å². The summed E-state index contributed by atoms with van der Waals surface area (Å²) < 4.78 is 42.1. The molecule has 0 unspecified atom stereocenters. The average Bonchev–Trinajstić information content (AvgIpc) is 2.25. The standard InChI is InChI=1S/C12H13F3O2/c1-7(2)10-6-8(17-3)4-5-9(10)11(16)12(13,14)15/h4-7H,1-3H3. The van der Waals surface area contributed by atoms with Gasteiger partial charge in [0.2, 0.25) is 0 Å². The maximum absolute atomic E-state index is 12.4. The molecule has 0 aliphatic heterocycles. The molecule has 2 nitrogen and oxygen atoms in total. The van der Waals surface area contributed by atoms with Crippen molar-refractivity contribution in [2.75, 3.05) is 7.11 Å². The number of methoxy groups -OCH3 is 1. The number of hydrogen-bond acceptors (Lipinski definition) is 2. The fourth-order valence-electron chi connectivity index (χ4n) is 1.50. The molecule has 94 valence electrons. The number of alkyl halides is 3. The molecule has 1 aromatic rings. The summed E-state index contributed by atoms with van der Waals surface area (Å²) in [7, 11) is 1.42. The highest BCUT2D eigenvalue weighted by Gasteiger charge is 2.40. The number of hydrogen-bond donors (Lipinski definition) is 0.